The fraction of sp³-hybridized carbons (Fsp3) is 0.591. The first kappa shape index (κ1) is 27.3. The third kappa shape index (κ3) is 8.16. The molecule has 13 nitrogen and oxygen atoms in total. The number of aromatic nitrogens is 1. The second-order valence-electron chi connectivity index (χ2n) is 9.05. The number of carboxylic acid groups (broad SMARTS) is 1. The van der Waals surface area contributed by atoms with Crippen LogP contribution in [0.2, 0.25) is 0 Å². The molecule has 0 radical (unpaired) electrons. The second-order valence-corrected chi connectivity index (χ2v) is 10.8. The molecular formula is C22H33N7O6S. The van der Waals surface area contributed by atoms with Crippen LogP contribution in [-0.4, -0.2) is 90.7 Å². The van der Waals surface area contributed by atoms with Gasteiger partial charge in [-0.3, -0.25) is 19.4 Å². The minimum Gasteiger partial charge on any atom is -0.481 e. The van der Waals surface area contributed by atoms with Gasteiger partial charge in [0, 0.05) is 44.6 Å². The number of carbonyl (C=O) groups excluding carboxylic acids is 2. The van der Waals surface area contributed by atoms with Crippen molar-refractivity contribution in [3.8, 4) is 0 Å². The molecule has 0 unspecified atom stereocenters. The summed E-state index contributed by atoms with van der Waals surface area (Å²) in [6, 6.07) is 1.23. The lowest BCUT2D eigenvalue weighted by molar-refractivity contribution is -0.140. The molecule has 2 amide bonds. The molecule has 0 aromatic carbocycles. The summed E-state index contributed by atoms with van der Waals surface area (Å²) >= 11 is 0. The first-order valence-corrected chi connectivity index (χ1v) is 13.4. The molecule has 0 spiro atoms. The third-order valence-electron chi connectivity index (χ3n) is 6.14. The van der Waals surface area contributed by atoms with E-state index >= 15 is 0 Å². The number of aliphatic carboxylic acids is 1. The van der Waals surface area contributed by atoms with Gasteiger partial charge in [0.05, 0.1) is 12.8 Å². The topological polar surface area (TPSA) is 187 Å². The normalized spacial score (nSPS) is 19.1. The van der Waals surface area contributed by atoms with Crippen LogP contribution in [-0.2, 0) is 24.4 Å². The number of nitrogens with one attached hydrogen (secondary N) is 2. The lowest BCUT2D eigenvalue weighted by atomic mass is 9.98. The van der Waals surface area contributed by atoms with Crippen molar-refractivity contribution in [3.63, 3.8) is 0 Å². The molecule has 1 saturated carbocycles. The molecule has 14 heteroatoms. The summed E-state index contributed by atoms with van der Waals surface area (Å²) in [5.74, 6) is 3.20. The highest BCUT2D eigenvalue weighted by molar-refractivity contribution is 7.89. The fourth-order valence-electron chi connectivity index (χ4n) is 4.19. The number of amides is 2. The molecular weight excluding hydrogens is 490 g/mol. The predicted molar refractivity (Wildman–Crippen MR) is 130 cm³/mol. The number of nitrogens with two attached hydrogens (primary N) is 1. The smallest absolute Gasteiger partial charge is 0.305 e. The first-order chi connectivity index (χ1) is 17.2. The Balaban J connectivity index is 1.70. The van der Waals surface area contributed by atoms with Gasteiger partial charge in [0.1, 0.15) is 17.3 Å². The summed E-state index contributed by atoms with van der Waals surface area (Å²) in [7, 11) is -4.16. The van der Waals surface area contributed by atoms with Crippen molar-refractivity contribution < 1.29 is 27.9 Å². The number of pyridine rings is 1. The molecule has 1 aromatic heterocycles. The van der Waals surface area contributed by atoms with Crippen LogP contribution in [0.25, 0.3) is 0 Å². The highest BCUT2D eigenvalue weighted by Gasteiger charge is 2.38. The number of piperidine rings is 1. The van der Waals surface area contributed by atoms with Crippen LogP contribution in [0.1, 0.15) is 38.5 Å². The molecule has 1 aromatic rings. The van der Waals surface area contributed by atoms with Crippen molar-refractivity contribution in [2.75, 3.05) is 26.2 Å². The number of nitrogens with zero attached hydrogens (tertiary/aromatic N) is 4. The molecule has 3 rings (SSSR count). The summed E-state index contributed by atoms with van der Waals surface area (Å²) in [5, 5.41) is 15.4. The maximum Gasteiger partial charge on any atom is 0.305 e. The summed E-state index contributed by atoms with van der Waals surface area (Å²) < 4.78 is 28.2. The number of carboxylic acids is 1. The summed E-state index contributed by atoms with van der Waals surface area (Å²) in [6.45, 7) is 1.79. The monoisotopic (exact) mass is 523 g/mol. The van der Waals surface area contributed by atoms with Crippen molar-refractivity contribution in [1.29, 1.82) is 0 Å². The van der Waals surface area contributed by atoms with Crippen LogP contribution in [0.4, 0.5) is 0 Å². The highest BCUT2D eigenvalue weighted by atomic mass is 32.2. The number of sulfonamides is 1. The Bertz CT molecular complexity index is 1050. The molecule has 2 atom stereocenters. The van der Waals surface area contributed by atoms with E-state index < -0.39 is 40.3 Å². The lowest BCUT2D eigenvalue weighted by Crippen LogP contribution is -2.52. The number of rotatable bonds is 13. The molecule has 0 bridgehead atoms. The van der Waals surface area contributed by atoms with Gasteiger partial charge in [-0.1, -0.05) is 0 Å². The molecule has 1 saturated heterocycles. The van der Waals surface area contributed by atoms with Crippen molar-refractivity contribution in [2.24, 2.45) is 16.9 Å². The van der Waals surface area contributed by atoms with Crippen LogP contribution < -0.4 is 15.9 Å². The maximum atomic E-state index is 13.4. The van der Waals surface area contributed by atoms with Crippen LogP contribution in [0.3, 0.4) is 0 Å². The zero-order valence-electron chi connectivity index (χ0n) is 20.0. The van der Waals surface area contributed by atoms with Crippen molar-refractivity contribution in [2.45, 2.75) is 55.5 Å². The average Bonchev–Trinajstić information content (AvgIpc) is 3.68. The SMILES string of the molecule is NN=CN1CCC[C@@H](CNC(=O)C[C@H](NS(=O)(=O)c2cccnc2)C(=O)N(CCC(=O)O)C2CC2)C1. The molecule has 2 heterocycles. The zero-order valence-corrected chi connectivity index (χ0v) is 20.8. The Labute approximate surface area is 210 Å². The van der Waals surface area contributed by atoms with E-state index in [2.05, 4.69) is 20.1 Å². The van der Waals surface area contributed by atoms with Gasteiger partial charge >= 0.3 is 5.97 Å². The van der Waals surface area contributed by atoms with Crippen molar-refractivity contribution in [3.05, 3.63) is 24.5 Å². The van der Waals surface area contributed by atoms with Gasteiger partial charge < -0.3 is 26.1 Å². The van der Waals surface area contributed by atoms with Gasteiger partial charge in [0.2, 0.25) is 21.8 Å². The Morgan fingerprint density at radius 2 is 2.11 bits per heavy atom. The van der Waals surface area contributed by atoms with E-state index in [4.69, 9.17) is 10.9 Å². The number of carbonyl (C=O) groups is 3. The third-order valence-corrected chi connectivity index (χ3v) is 7.59. The van der Waals surface area contributed by atoms with Gasteiger partial charge in [0.15, 0.2) is 0 Å². The molecule has 1 aliphatic carbocycles. The largest absolute Gasteiger partial charge is 0.481 e. The van der Waals surface area contributed by atoms with Gasteiger partial charge in [0.25, 0.3) is 0 Å². The van der Waals surface area contributed by atoms with Gasteiger partial charge in [-0.15, -0.1) is 0 Å². The molecule has 36 heavy (non-hydrogen) atoms. The molecule has 2 fully saturated rings. The Kier molecular flexibility index (Phi) is 9.58. The highest BCUT2D eigenvalue weighted by Crippen LogP contribution is 2.28. The number of hydrogen-bond donors (Lipinski definition) is 4. The van der Waals surface area contributed by atoms with E-state index in [1.165, 1.54) is 23.2 Å². The molecule has 198 valence electrons. The predicted octanol–water partition coefficient (Wildman–Crippen LogP) is -0.685. The minimum absolute atomic E-state index is 0.0633. The first-order valence-electron chi connectivity index (χ1n) is 11.9. The van der Waals surface area contributed by atoms with Gasteiger partial charge in [-0.25, -0.2) is 8.42 Å². The van der Waals surface area contributed by atoms with Crippen molar-refractivity contribution >= 4 is 34.1 Å². The van der Waals surface area contributed by atoms with E-state index in [1.54, 1.807) is 6.34 Å². The summed E-state index contributed by atoms with van der Waals surface area (Å²) in [5.41, 5.74) is 0. The maximum absolute atomic E-state index is 13.4. The zero-order chi connectivity index (χ0) is 26.1. The van der Waals surface area contributed by atoms with Crippen LogP contribution in [0, 0.1) is 5.92 Å². The fourth-order valence-corrected chi connectivity index (χ4v) is 5.35. The van der Waals surface area contributed by atoms with Gasteiger partial charge in [-0.2, -0.15) is 9.82 Å². The number of likely N-dealkylation sites (tertiary alicyclic amines) is 1. The summed E-state index contributed by atoms with van der Waals surface area (Å²) in [4.78, 5) is 44.3. The number of hydrogen-bond acceptors (Lipinski definition) is 8. The molecule has 1 aliphatic heterocycles. The molecule has 5 N–H and O–H groups in total. The second kappa shape index (κ2) is 12.6. The van der Waals surface area contributed by atoms with Crippen LogP contribution in [0.15, 0.2) is 34.5 Å². The quantitative estimate of drug-likeness (QED) is 0.112. The Morgan fingerprint density at radius 3 is 2.75 bits per heavy atom. The van der Waals surface area contributed by atoms with E-state index in [-0.39, 0.29) is 29.8 Å². The van der Waals surface area contributed by atoms with Crippen LogP contribution in [0.5, 0.6) is 0 Å². The number of hydrazone groups is 1. The van der Waals surface area contributed by atoms with E-state index in [9.17, 15) is 22.8 Å². The minimum atomic E-state index is -4.16. The van der Waals surface area contributed by atoms with E-state index in [0.717, 1.165) is 25.6 Å². The van der Waals surface area contributed by atoms with Crippen LogP contribution >= 0.6 is 0 Å². The van der Waals surface area contributed by atoms with E-state index in [0.29, 0.717) is 25.9 Å². The summed E-state index contributed by atoms with van der Waals surface area (Å²) in [6.07, 6.45) is 6.63. The molecule has 2 aliphatic rings. The average molecular weight is 524 g/mol. The van der Waals surface area contributed by atoms with Gasteiger partial charge in [-0.05, 0) is 43.7 Å². The van der Waals surface area contributed by atoms with Crippen molar-refractivity contribution in [1.82, 2.24) is 24.8 Å². The standard InChI is InChI=1S/C22H33N7O6S/c23-26-15-28-9-2-3-16(14-28)12-25-20(30)11-19(27-36(34,35)18-4-1-8-24-13-18)22(33)29(17-5-6-17)10-7-21(31)32/h1,4,8,13,15-17,19,27H,2-3,5-7,9-12,14,23H2,(H,25,30)(H,31,32)/t16-,19-/m0/s1. The lowest BCUT2D eigenvalue weighted by Gasteiger charge is -2.31. The Hall–Kier alpha value is -3.26. The van der Waals surface area contributed by atoms with E-state index in [1.807, 2.05) is 4.90 Å². The Morgan fingerprint density at radius 1 is 1.33 bits per heavy atom.